The van der Waals surface area contributed by atoms with E-state index < -0.39 is 10.0 Å². The van der Waals surface area contributed by atoms with Crippen molar-refractivity contribution in [2.45, 2.75) is 11.8 Å². The molecule has 2 aromatic carbocycles. The standard InChI is InChI=1S/C16H16Cl3NO4S/c1-4-20(11-9-10(17)5-6-12(11)23-2)25(21,22)14-8-7-13(24-3)15(18)16(14)19/h5-9H,4H2,1-3H3. The number of rotatable bonds is 6. The molecule has 25 heavy (non-hydrogen) atoms. The first-order valence-corrected chi connectivity index (χ1v) is 9.73. The first-order valence-electron chi connectivity index (χ1n) is 7.16. The van der Waals surface area contributed by atoms with Crippen LogP contribution in [0.3, 0.4) is 0 Å². The third-order valence-corrected chi connectivity index (χ3v) is 6.64. The zero-order chi connectivity index (χ0) is 18.8. The van der Waals surface area contributed by atoms with Crippen molar-refractivity contribution in [3.8, 4) is 11.5 Å². The van der Waals surface area contributed by atoms with Gasteiger partial charge < -0.3 is 9.47 Å². The summed E-state index contributed by atoms with van der Waals surface area (Å²) in [7, 11) is -1.14. The summed E-state index contributed by atoms with van der Waals surface area (Å²) >= 11 is 18.3. The Labute approximate surface area is 162 Å². The molecule has 0 bridgehead atoms. The first-order chi connectivity index (χ1) is 11.8. The van der Waals surface area contributed by atoms with Crippen LogP contribution in [-0.4, -0.2) is 29.2 Å². The van der Waals surface area contributed by atoms with Gasteiger partial charge in [-0.15, -0.1) is 0 Å². The molecule has 0 amide bonds. The normalized spacial score (nSPS) is 11.3. The minimum Gasteiger partial charge on any atom is -0.495 e. The maximum atomic E-state index is 13.2. The van der Waals surface area contributed by atoms with E-state index in [-0.39, 0.29) is 27.2 Å². The molecule has 0 spiro atoms. The van der Waals surface area contributed by atoms with Gasteiger partial charge in [-0.1, -0.05) is 34.8 Å². The molecule has 0 saturated carbocycles. The second-order valence-electron chi connectivity index (χ2n) is 4.88. The van der Waals surface area contributed by atoms with Crippen molar-refractivity contribution < 1.29 is 17.9 Å². The number of benzene rings is 2. The molecule has 0 atom stereocenters. The molecular weight excluding hydrogens is 409 g/mol. The Morgan fingerprint density at radius 1 is 0.960 bits per heavy atom. The number of sulfonamides is 1. The zero-order valence-electron chi connectivity index (χ0n) is 13.7. The van der Waals surface area contributed by atoms with Crippen LogP contribution in [0.25, 0.3) is 0 Å². The van der Waals surface area contributed by atoms with E-state index in [1.54, 1.807) is 19.1 Å². The Hall–Kier alpha value is -1.34. The molecule has 0 aliphatic rings. The van der Waals surface area contributed by atoms with Crippen molar-refractivity contribution in [2.24, 2.45) is 0 Å². The summed E-state index contributed by atoms with van der Waals surface area (Å²) in [5.74, 6) is 0.652. The molecule has 0 heterocycles. The Kier molecular flexibility index (Phi) is 6.32. The Morgan fingerprint density at radius 3 is 2.12 bits per heavy atom. The third-order valence-electron chi connectivity index (χ3n) is 3.50. The van der Waals surface area contributed by atoms with Gasteiger partial charge in [0, 0.05) is 11.6 Å². The molecule has 0 unspecified atom stereocenters. The maximum absolute atomic E-state index is 13.2. The maximum Gasteiger partial charge on any atom is 0.265 e. The molecule has 5 nitrogen and oxygen atoms in total. The average Bonchev–Trinajstić information content (AvgIpc) is 2.57. The molecule has 2 aromatic rings. The Bertz CT molecular complexity index is 887. The molecule has 0 fully saturated rings. The third kappa shape index (κ3) is 3.77. The quantitative estimate of drug-likeness (QED) is 0.663. The van der Waals surface area contributed by atoms with Crippen molar-refractivity contribution in [2.75, 3.05) is 25.1 Å². The highest BCUT2D eigenvalue weighted by atomic mass is 35.5. The van der Waals surface area contributed by atoms with Crippen LogP contribution in [0.1, 0.15) is 6.92 Å². The Morgan fingerprint density at radius 2 is 1.56 bits per heavy atom. The van der Waals surface area contributed by atoms with Crippen LogP contribution in [0, 0.1) is 0 Å². The summed E-state index contributed by atoms with van der Waals surface area (Å²) in [6.45, 7) is 1.83. The van der Waals surface area contributed by atoms with E-state index in [9.17, 15) is 8.42 Å². The largest absolute Gasteiger partial charge is 0.495 e. The molecular formula is C16H16Cl3NO4S. The summed E-state index contributed by atoms with van der Waals surface area (Å²) < 4.78 is 37.8. The van der Waals surface area contributed by atoms with Crippen LogP contribution in [0.5, 0.6) is 11.5 Å². The molecule has 0 aromatic heterocycles. The second-order valence-corrected chi connectivity index (χ2v) is 7.90. The number of anilines is 1. The van der Waals surface area contributed by atoms with Crippen LogP contribution < -0.4 is 13.8 Å². The SMILES string of the molecule is CCN(c1cc(Cl)ccc1OC)S(=O)(=O)c1ccc(OC)c(Cl)c1Cl. The summed E-state index contributed by atoms with van der Waals surface area (Å²) in [5.41, 5.74) is 0.306. The van der Waals surface area contributed by atoms with E-state index in [4.69, 9.17) is 44.3 Å². The van der Waals surface area contributed by atoms with Crippen molar-refractivity contribution in [1.29, 1.82) is 0 Å². The molecule has 2 rings (SSSR count). The fourth-order valence-electron chi connectivity index (χ4n) is 2.32. The van der Waals surface area contributed by atoms with Crippen LogP contribution in [0.15, 0.2) is 35.2 Å². The number of halogens is 3. The topological polar surface area (TPSA) is 55.8 Å². The lowest BCUT2D eigenvalue weighted by Crippen LogP contribution is -2.31. The minimum absolute atomic E-state index is 0.0272. The second kappa shape index (κ2) is 7.91. The summed E-state index contributed by atoms with van der Waals surface area (Å²) in [6, 6.07) is 7.52. The summed E-state index contributed by atoms with van der Waals surface area (Å²) in [4.78, 5) is -0.135. The molecule has 0 aliphatic carbocycles. The number of ether oxygens (including phenoxy) is 2. The van der Waals surface area contributed by atoms with E-state index in [0.29, 0.717) is 16.5 Å². The highest BCUT2D eigenvalue weighted by Gasteiger charge is 2.30. The van der Waals surface area contributed by atoms with Gasteiger partial charge in [0.15, 0.2) is 0 Å². The lowest BCUT2D eigenvalue weighted by molar-refractivity contribution is 0.414. The molecule has 0 aliphatic heterocycles. The lowest BCUT2D eigenvalue weighted by Gasteiger charge is -2.25. The van der Waals surface area contributed by atoms with Gasteiger partial charge >= 0.3 is 0 Å². The number of nitrogens with zero attached hydrogens (tertiary/aromatic N) is 1. The molecule has 136 valence electrons. The van der Waals surface area contributed by atoms with Gasteiger partial charge in [0.1, 0.15) is 21.4 Å². The summed E-state index contributed by atoms with van der Waals surface area (Å²) in [5, 5.41) is 0.295. The zero-order valence-corrected chi connectivity index (χ0v) is 16.8. The highest BCUT2D eigenvalue weighted by molar-refractivity contribution is 7.93. The van der Waals surface area contributed by atoms with E-state index in [0.717, 1.165) is 4.31 Å². The predicted octanol–water partition coefficient (Wildman–Crippen LogP) is 4.88. The highest BCUT2D eigenvalue weighted by Crippen LogP contribution is 2.40. The molecule has 0 radical (unpaired) electrons. The first kappa shape index (κ1) is 20.0. The van der Waals surface area contributed by atoms with Crippen LogP contribution in [-0.2, 0) is 10.0 Å². The fourth-order valence-corrected chi connectivity index (χ4v) is 4.78. The van der Waals surface area contributed by atoms with E-state index >= 15 is 0 Å². The van der Waals surface area contributed by atoms with Crippen molar-refractivity contribution in [1.82, 2.24) is 0 Å². The van der Waals surface area contributed by atoms with Gasteiger partial charge in [-0.3, -0.25) is 4.31 Å². The van der Waals surface area contributed by atoms with Crippen molar-refractivity contribution in [3.63, 3.8) is 0 Å². The van der Waals surface area contributed by atoms with E-state index in [1.165, 1.54) is 32.4 Å². The van der Waals surface area contributed by atoms with Gasteiger partial charge in [-0.2, -0.15) is 0 Å². The number of methoxy groups -OCH3 is 2. The van der Waals surface area contributed by atoms with Gasteiger partial charge in [-0.25, -0.2) is 8.42 Å². The Balaban J connectivity index is 2.65. The molecule has 9 heteroatoms. The predicted molar refractivity (Wildman–Crippen MR) is 101 cm³/mol. The van der Waals surface area contributed by atoms with Gasteiger partial charge in [0.2, 0.25) is 0 Å². The van der Waals surface area contributed by atoms with E-state index in [2.05, 4.69) is 0 Å². The van der Waals surface area contributed by atoms with Crippen LogP contribution in [0.2, 0.25) is 15.1 Å². The van der Waals surface area contributed by atoms with Crippen LogP contribution in [0.4, 0.5) is 5.69 Å². The average molecular weight is 425 g/mol. The number of hydrogen-bond acceptors (Lipinski definition) is 4. The molecule has 0 N–H and O–H groups in total. The van der Waals surface area contributed by atoms with Gasteiger partial charge in [-0.05, 0) is 37.3 Å². The smallest absolute Gasteiger partial charge is 0.265 e. The minimum atomic E-state index is -4.01. The fraction of sp³-hybridized carbons (Fsp3) is 0.250. The van der Waals surface area contributed by atoms with Crippen molar-refractivity contribution >= 4 is 50.5 Å². The molecule has 0 saturated heterocycles. The summed E-state index contributed by atoms with van der Waals surface area (Å²) in [6.07, 6.45) is 0. The van der Waals surface area contributed by atoms with Crippen molar-refractivity contribution in [3.05, 3.63) is 45.4 Å². The van der Waals surface area contributed by atoms with Gasteiger partial charge in [0.25, 0.3) is 10.0 Å². The lowest BCUT2D eigenvalue weighted by atomic mass is 10.3. The van der Waals surface area contributed by atoms with Crippen LogP contribution >= 0.6 is 34.8 Å². The van der Waals surface area contributed by atoms with Gasteiger partial charge in [0.05, 0.1) is 24.9 Å². The monoisotopic (exact) mass is 423 g/mol. The van der Waals surface area contributed by atoms with E-state index in [1.807, 2.05) is 0 Å². The number of hydrogen-bond donors (Lipinski definition) is 0.